The minimum Gasteiger partial charge on any atom is -0.422 e. The van der Waals surface area contributed by atoms with Crippen molar-refractivity contribution < 1.29 is 23.9 Å². The molecule has 2 rings (SSSR count). The fourth-order valence-corrected chi connectivity index (χ4v) is 2.02. The second-order valence-electron chi connectivity index (χ2n) is 5.09. The normalized spacial score (nSPS) is 11.4. The van der Waals surface area contributed by atoms with Gasteiger partial charge in [0.15, 0.2) is 0 Å². The van der Waals surface area contributed by atoms with Crippen molar-refractivity contribution in [3.63, 3.8) is 0 Å². The van der Waals surface area contributed by atoms with Gasteiger partial charge in [-0.25, -0.2) is 9.59 Å². The summed E-state index contributed by atoms with van der Waals surface area (Å²) in [6.45, 7) is 1.86. The van der Waals surface area contributed by atoms with E-state index >= 15 is 0 Å². The van der Waals surface area contributed by atoms with Gasteiger partial charge < -0.3 is 9.47 Å². The number of ether oxygens (including phenoxy) is 2. The molecule has 0 radical (unpaired) electrons. The molecule has 0 aliphatic rings. The van der Waals surface area contributed by atoms with Crippen LogP contribution >= 0.6 is 0 Å². The number of esters is 2. The maximum atomic E-state index is 12.1. The molecule has 2 aromatic rings. The van der Waals surface area contributed by atoms with Gasteiger partial charge in [-0.15, -0.1) is 0 Å². The molecule has 0 aromatic heterocycles. The SMILES string of the molecule is CCCC(OC(=O)C(=O)c1ccccc1)OC(=O)c1ccccc1. The van der Waals surface area contributed by atoms with E-state index in [2.05, 4.69) is 0 Å². The molecule has 2 aromatic carbocycles. The molecule has 0 amide bonds. The van der Waals surface area contributed by atoms with Crippen molar-refractivity contribution in [3.05, 3.63) is 71.8 Å². The maximum absolute atomic E-state index is 12.1. The highest BCUT2D eigenvalue weighted by atomic mass is 16.7. The van der Waals surface area contributed by atoms with Gasteiger partial charge in [0, 0.05) is 12.0 Å². The zero-order valence-electron chi connectivity index (χ0n) is 13.3. The molecule has 24 heavy (non-hydrogen) atoms. The van der Waals surface area contributed by atoms with Gasteiger partial charge in [-0.3, -0.25) is 4.79 Å². The van der Waals surface area contributed by atoms with Crippen LogP contribution in [0.3, 0.4) is 0 Å². The van der Waals surface area contributed by atoms with Gasteiger partial charge in [-0.05, 0) is 18.6 Å². The number of hydrogen-bond acceptors (Lipinski definition) is 5. The lowest BCUT2D eigenvalue weighted by Crippen LogP contribution is -2.28. The minimum atomic E-state index is -1.09. The van der Waals surface area contributed by atoms with E-state index in [-0.39, 0.29) is 5.56 Å². The standard InChI is InChI=1S/C19H18O5/c1-2-9-16(23-18(21)15-12-7-4-8-13-15)24-19(22)17(20)14-10-5-3-6-11-14/h3-8,10-13,16H,2,9H2,1H3. The Balaban J connectivity index is 2.01. The third-order valence-electron chi connectivity index (χ3n) is 3.23. The van der Waals surface area contributed by atoms with Crippen molar-refractivity contribution in [2.75, 3.05) is 0 Å². The van der Waals surface area contributed by atoms with Crippen molar-refractivity contribution in [1.82, 2.24) is 0 Å². The molecule has 0 bridgehead atoms. The van der Waals surface area contributed by atoms with Crippen LogP contribution < -0.4 is 0 Å². The van der Waals surface area contributed by atoms with E-state index in [9.17, 15) is 14.4 Å². The number of ketones is 1. The molecule has 0 aliphatic heterocycles. The van der Waals surface area contributed by atoms with Crippen LogP contribution in [0.5, 0.6) is 0 Å². The molecule has 0 aliphatic carbocycles. The van der Waals surface area contributed by atoms with E-state index in [1.807, 2.05) is 6.92 Å². The Morgan fingerprint density at radius 1 is 0.833 bits per heavy atom. The average molecular weight is 326 g/mol. The summed E-state index contributed by atoms with van der Waals surface area (Å²) in [4.78, 5) is 36.1. The summed E-state index contributed by atoms with van der Waals surface area (Å²) < 4.78 is 10.3. The third kappa shape index (κ3) is 4.78. The van der Waals surface area contributed by atoms with E-state index in [4.69, 9.17) is 9.47 Å². The van der Waals surface area contributed by atoms with Gasteiger partial charge in [0.2, 0.25) is 6.29 Å². The van der Waals surface area contributed by atoms with E-state index in [1.54, 1.807) is 48.5 Å². The van der Waals surface area contributed by atoms with Crippen LogP contribution in [0.2, 0.25) is 0 Å². The van der Waals surface area contributed by atoms with Crippen LogP contribution in [-0.2, 0) is 14.3 Å². The van der Waals surface area contributed by atoms with Crippen LogP contribution in [0.25, 0.3) is 0 Å². The molecule has 0 spiro atoms. The highest BCUT2D eigenvalue weighted by molar-refractivity contribution is 6.40. The lowest BCUT2D eigenvalue weighted by molar-refractivity contribution is -0.163. The molecule has 0 N–H and O–H groups in total. The van der Waals surface area contributed by atoms with E-state index in [0.717, 1.165) is 0 Å². The Morgan fingerprint density at radius 2 is 1.38 bits per heavy atom. The fraction of sp³-hybridized carbons (Fsp3) is 0.211. The second kappa shape index (κ2) is 8.62. The fourth-order valence-electron chi connectivity index (χ4n) is 2.02. The molecule has 0 heterocycles. The summed E-state index contributed by atoms with van der Waals surface area (Å²) in [5.41, 5.74) is 0.580. The van der Waals surface area contributed by atoms with E-state index < -0.39 is 24.0 Å². The molecule has 1 unspecified atom stereocenters. The van der Waals surface area contributed by atoms with Crippen molar-refractivity contribution >= 4 is 17.7 Å². The molecular weight excluding hydrogens is 308 g/mol. The predicted molar refractivity (Wildman–Crippen MR) is 87.4 cm³/mol. The largest absolute Gasteiger partial charge is 0.422 e. The first-order valence-electron chi connectivity index (χ1n) is 7.68. The summed E-state index contributed by atoms with van der Waals surface area (Å²) in [6.07, 6.45) is -0.158. The summed E-state index contributed by atoms with van der Waals surface area (Å²) >= 11 is 0. The average Bonchev–Trinajstić information content (AvgIpc) is 2.62. The van der Waals surface area contributed by atoms with Crippen LogP contribution in [0.1, 0.15) is 40.5 Å². The van der Waals surface area contributed by atoms with Gasteiger partial charge >= 0.3 is 11.9 Å². The lowest BCUT2D eigenvalue weighted by Gasteiger charge is -2.17. The van der Waals surface area contributed by atoms with Crippen molar-refractivity contribution in [3.8, 4) is 0 Å². The lowest BCUT2D eigenvalue weighted by atomic mass is 10.1. The van der Waals surface area contributed by atoms with Crippen LogP contribution in [0.15, 0.2) is 60.7 Å². The topological polar surface area (TPSA) is 69.7 Å². The first kappa shape index (κ1) is 17.4. The zero-order valence-corrected chi connectivity index (χ0v) is 13.3. The number of rotatable bonds is 7. The Bertz CT molecular complexity index is 694. The molecule has 0 fully saturated rings. The minimum absolute atomic E-state index is 0.229. The zero-order chi connectivity index (χ0) is 17.4. The van der Waals surface area contributed by atoms with Gasteiger partial charge in [0.1, 0.15) is 0 Å². The Kier molecular flexibility index (Phi) is 6.25. The molecule has 1 atom stereocenters. The molecule has 124 valence electrons. The van der Waals surface area contributed by atoms with Crippen LogP contribution in [-0.4, -0.2) is 24.0 Å². The maximum Gasteiger partial charge on any atom is 0.382 e. The highest BCUT2D eigenvalue weighted by Crippen LogP contribution is 2.11. The van der Waals surface area contributed by atoms with E-state index in [1.165, 1.54) is 12.1 Å². The third-order valence-corrected chi connectivity index (χ3v) is 3.23. The predicted octanol–water partition coefficient (Wildman–Crippen LogP) is 3.40. The molecule has 5 heteroatoms. The first-order valence-corrected chi connectivity index (χ1v) is 7.68. The van der Waals surface area contributed by atoms with Crippen LogP contribution in [0, 0.1) is 0 Å². The summed E-state index contributed by atoms with van der Waals surface area (Å²) in [7, 11) is 0. The van der Waals surface area contributed by atoms with E-state index in [0.29, 0.717) is 18.4 Å². The Hall–Kier alpha value is -2.95. The number of benzene rings is 2. The summed E-state index contributed by atoms with van der Waals surface area (Å²) in [5.74, 6) is -2.41. The van der Waals surface area contributed by atoms with Crippen molar-refractivity contribution in [2.45, 2.75) is 26.1 Å². The molecule has 0 saturated heterocycles. The number of carbonyl (C=O) groups is 3. The summed E-state index contributed by atoms with van der Waals surface area (Å²) in [5, 5.41) is 0. The van der Waals surface area contributed by atoms with Crippen molar-refractivity contribution in [2.24, 2.45) is 0 Å². The van der Waals surface area contributed by atoms with Gasteiger partial charge in [-0.1, -0.05) is 55.5 Å². The van der Waals surface area contributed by atoms with Gasteiger partial charge in [0.25, 0.3) is 5.78 Å². The van der Waals surface area contributed by atoms with Gasteiger partial charge in [-0.2, -0.15) is 0 Å². The Labute approximate surface area is 140 Å². The quantitative estimate of drug-likeness (QED) is 0.337. The highest BCUT2D eigenvalue weighted by Gasteiger charge is 2.24. The molecule has 5 nitrogen and oxygen atoms in total. The summed E-state index contributed by atoms with van der Waals surface area (Å²) in [6, 6.07) is 16.5. The van der Waals surface area contributed by atoms with Gasteiger partial charge in [0.05, 0.1) is 5.56 Å². The number of Topliss-reactive ketones (excluding diaryl/α,β-unsaturated/α-hetero) is 1. The monoisotopic (exact) mass is 326 g/mol. The Morgan fingerprint density at radius 3 is 1.92 bits per heavy atom. The molecular formula is C19H18O5. The molecule has 0 saturated carbocycles. The second-order valence-corrected chi connectivity index (χ2v) is 5.09. The first-order chi connectivity index (χ1) is 11.6. The number of carbonyl (C=O) groups excluding carboxylic acids is 3. The number of hydrogen-bond donors (Lipinski definition) is 0. The van der Waals surface area contributed by atoms with Crippen molar-refractivity contribution in [1.29, 1.82) is 0 Å². The smallest absolute Gasteiger partial charge is 0.382 e. The van der Waals surface area contributed by atoms with Crippen LogP contribution in [0.4, 0.5) is 0 Å².